The van der Waals surface area contributed by atoms with Gasteiger partial charge in [-0.15, -0.1) is 0 Å². The van der Waals surface area contributed by atoms with Crippen molar-refractivity contribution in [1.29, 1.82) is 0 Å². The molecule has 7 heteroatoms. The number of halogens is 3. The van der Waals surface area contributed by atoms with E-state index in [0.717, 1.165) is 23.3 Å². The first kappa shape index (κ1) is 19.5. The third kappa shape index (κ3) is 6.23. The van der Waals surface area contributed by atoms with Crippen molar-refractivity contribution >= 4 is 11.9 Å². The quantitative estimate of drug-likeness (QED) is 0.798. The van der Waals surface area contributed by atoms with Crippen LogP contribution >= 0.6 is 0 Å². The Balaban J connectivity index is 1.77. The highest BCUT2D eigenvalue weighted by Crippen LogP contribution is 2.29. The lowest BCUT2D eigenvalue weighted by atomic mass is 10.1. The largest absolute Gasteiger partial charge is 0.455 e. The number of ether oxygens (including phenoxy) is 1. The molecule has 2 rings (SSSR count). The van der Waals surface area contributed by atoms with Crippen molar-refractivity contribution in [2.45, 2.75) is 26.1 Å². The first-order valence-corrected chi connectivity index (χ1v) is 7.88. The summed E-state index contributed by atoms with van der Waals surface area (Å²) in [6.07, 6.45) is -4.81. The van der Waals surface area contributed by atoms with E-state index in [1.54, 1.807) is 0 Å². The maximum atomic E-state index is 12.6. The monoisotopic (exact) mass is 365 g/mol. The number of nitrogens with one attached hydrogen (secondary N) is 1. The molecule has 0 bridgehead atoms. The summed E-state index contributed by atoms with van der Waals surface area (Å²) in [5, 5.41) is 2.60. The molecule has 0 aromatic heterocycles. The van der Waals surface area contributed by atoms with E-state index in [-0.39, 0.29) is 12.0 Å². The molecule has 138 valence electrons. The molecule has 0 aliphatic heterocycles. The van der Waals surface area contributed by atoms with Gasteiger partial charge in [-0.2, -0.15) is 13.2 Å². The zero-order valence-corrected chi connectivity index (χ0v) is 14.1. The van der Waals surface area contributed by atoms with E-state index in [4.69, 9.17) is 4.74 Å². The fraction of sp³-hybridized carbons (Fsp3) is 0.263. The standard InChI is InChI=1S/C19H18F3NO3/c1-13-5-7-14(8-6-13)11-23-17(24)12-26-18(25)10-15-3-2-4-16(9-15)19(20,21)22/h2-9H,10-12H2,1H3,(H,23,24). The number of esters is 1. The molecule has 0 aliphatic carbocycles. The maximum absolute atomic E-state index is 12.6. The van der Waals surface area contributed by atoms with E-state index in [9.17, 15) is 22.8 Å². The molecule has 0 saturated heterocycles. The molecule has 1 amide bonds. The number of hydrogen-bond acceptors (Lipinski definition) is 3. The lowest BCUT2D eigenvalue weighted by Gasteiger charge is -2.09. The van der Waals surface area contributed by atoms with Crippen LogP contribution in [0.1, 0.15) is 22.3 Å². The molecule has 0 heterocycles. The average molecular weight is 365 g/mol. The zero-order chi connectivity index (χ0) is 19.2. The van der Waals surface area contributed by atoms with Gasteiger partial charge in [-0.25, -0.2) is 0 Å². The van der Waals surface area contributed by atoms with E-state index < -0.39 is 30.2 Å². The summed E-state index contributed by atoms with van der Waals surface area (Å²) in [7, 11) is 0. The smallest absolute Gasteiger partial charge is 0.416 e. The van der Waals surface area contributed by atoms with Crippen molar-refractivity contribution in [2.24, 2.45) is 0 Å². The van der Waals surface area contributed by atoms with Crippen LogP contribution in [0, 0.1) is 6.92 Å². The Labute approximate surface area is 149 Å². The molecule has 4 nitrogen and oxygen atoms in total. The van der Waals surface area contributed by atoms with Crippen molar-refractivity contribution in [2.75, 3.05) is 6.61 Å². The topological polar surface area (TPSA) is 55.4 Å². The van der Waals surface area contributed by atoms with Crippen LogP contribution in [0.2, 0.25) is 0 Å². The molecule has 0 fully saturated rings. The average Bonchev–Trinajstić information content (AvgIpc) is 2.59. The third-order valence-corrected chi connectivity index (χ3v) is 3.58. The predicted molar refractivity (Wildman–Crippen MR) is 89.1 cm³/mol. The summed E-state index contributed by atoms with van der Waals surface area (Å²) >= 11 is 0. The fourth-order valence-corrected chi connectivity index (χ4v) is 2.18. The van der Waals surface area contributed by atoms with Crippen LogP contribution in [-0.4, -0.2) is 18.5 Å². The van der Waals surface area contributed by atoms with Crippen LogP contribution in [0.4, 0.5) is 13.2 Å². The molecule has 2 aromatic carbocycles. The first-order chi connectivity index (χ1) is 12.2. The van der Waals surface area contributed by atoms with Crippen LogP contribution in [0.15, 0.2) is 48.5 Å². The Morgan fingerprint density at radius 2 is 1.73 bits per heavy atom. The Bertz CT molecular complexity index is 770. The Morgan fingerprint density at radius 3 is 2.38 bits per heavy atom. The van der Waals surface area contributed by atoms with Crippen LogP contribution in [0.5, 0.6) is 0 Å². The van der Waals surface area contributed by atoms with Gasteiger partial charge in [0.1, 0.15) is 0 Å². The van der Waals surface area contributed by atoms with Gasteiger partial charge >= 0.3 is 12.1 Å². The van der Waals surface area contributed by atoms with Crippen molar-refractivity contribution in [3.63, 3.8) is 0 Å². The van der Waals surface area contributed by atoms with Gasteiger partial charge in [0.05, 0.1) is 12.0 Å². The summed E-state index contributed by atoms with van der Waals surface area (Å²) in [4.78, 5) is 23.4. The summed E-state index contributed by atoms with van der Waals surface area (Å²) in [6.45, 7) is 1.76. The highest BCUT2D eigenvalue weighted by Gasteiger charge is 2.30. The second-order valence-electron chi connectivity index (χ2n) is 5.80. The highest BCUT2D eigenvalue weighted by molar-refractivity contribution is 5.81. The van der Waals surface area contributed by atoms with Crippen LogP contribution < -0.4 is 5.32 Å². The van der Waals surface area contributed by atoms with E-state index in [0.29, 0.717) is 6.54 Å². The van der Waals surface area contributed by atoms with Crippen molar-refractivity contribution in [3.8, 4) is 0 Å². The molecule has 0 saturated carbocycles. The molecule has 0 unspecified atom stereocenters. The second kappa shape index (κ2) is 8.51. The molecule has 2 aromatic rings. The van der Waals surface area contributed by atoms with Gasteiger partial charge in [-0.05, 0) is 24.1 Å². The third-order valence-electron chi connectivity index (χ3n) is 3.58. The minimum atomic E-state index is -4.48. The Morgan fingerprint density at radius 1 is 1.04 bits per heavy atom. The van der Waals surface area contributed by atoms with E-state index in [1.165, 1.54) is 12.1 Å². The van der Waals surface area contributed by atoms with Crippen molar-refractivity contribution in [3.05, 3.63) is 70.8 Å². The minimum Gasteiger partial charge on any atom is -0.455 e. The van der Waals surface area contributed by atoms with Crippen LogP contribution in [0.25, 0.3) is 0 Å². The molecule has 0 spiro atoms. The number of benzene rings is 2. The number of rotatable bonds is 6. The molecule has 1 N–H and O–H groups in total. The zero-order valence-electron chi connectivity index (χ0n) is 14.1. The van der Waals surface area contributed by atoms with Gasteiger partial charge in [0.25, 0.3) is 5.91 Å². The highest BCUT2D eigenvalue weighted by atomic mass is 19.4. The van der Waals surface area contributed by atoms with Crippen LogP contribution in [-0.2, 0) is 33.5 Å². The van der Waals surface area contributed by atoms with Gasteiger partial charge < -0.3 is 10.1 Å². The molecule has 26 heavy (non-hydrogen) atoms. The fourth-order valence-electron chi connectivity index (χ4n) is 2.18. The summed E-state index contributed by atoms with van der Waals surface area (Å²) in [6, 6.07) is 12.0. The summed E-state index contributed by atoms with van der Waals surface area (Å²) in [5.41, 5.74) is 1.34. The number of alkyl halides is 3. The van der Waals surface area contributed by atoms with E-state index >= 15 is 0 Å². The van der Waals surface area contributed by atoms with Crippen LogP contribution in [0.3, 0.4) is 0 Å². The predicted octanol–water partition coefficient (Wildman–Crippen LogP) is 3.42. The maximum Gasteiger partial charge on any atom is 0.416 e. The molecular formula is C19H18F3NO3. The van der Waals surface area contributed by atoms with E-state index in [1.807, 2.05) is 31.2 Å². The number of hydrogen-bond donors (Lipinski definition) is 1. The van der Waals surface area contributed by atoms with Gasteiger partial charge in [-0.3, -0.25) is 9.59 Å². The van der Waals surface area contributed by atoms with Crippen molar-refractivity contribution in [1.82, 2.24) is 5.32 Å². The Hall–Kier alpha value is -2.83. The molecule has 0 atom stereocenters. The number of carbonyl (C=O) groups is 2. The van der Waals surface area contributed by atoms with Crippen molar-refractivity contribution < 1.29 is 27.5 Å². The molecule has 0 aliphatic rings. The molecular weight excluding hydrogens is 347 g/mol. The first-order valence-electron chi connectivity index (χ1n) is 7.88. The minimum absolute atomic E-state index is 0.171. The second-order valence-corrected chi connectivity index (χ2v) is 5.80. The summed E-state index contributed by atoms with van der Waals surface area (Å²) < 4.78 is 42.7. The Kier molecular flexibility index (Phi) is 6.38. The normalized spacial score (nSPS) is 11.1. The lowest BCUT2D eigenvalue weighted by molar-refractivity contribution is -0.148. The van der Waals surface area contributed by atoms with Gasteiger partial charge in [0.15, 0.2) is 6.61 Å². The van der Waals surface area contributed by atoms with Gasteiger partial charge in [0, 0.05) is 6.54 Å². The molecule has 0 radical (unpaired) electrons. The van der Waals surface area contributed by atoms with Gasteiger partial charge in [0.2, 0.25) is 0 Å². The lowest BCUT2D eigenvalue weighted by Crippen LogP contribution is -2.28. The summed E-state index contributed by atoms with van der Waals surface area (Å²) in [5.74, 6) is -1.25. The van der Waals surface area contributed by atoms with Gasteiger partial charge in [-0.1, -0.05) is 48.0 Å². The number of aryl methyl sites for hydroxylation is 1. The van der Waals surface area contributed by atoms with E-state index in [2.05, 4.69) is 5.32 Å². The number of amides is 1. The SMILES string of the molecule is Cc1ccc(CNC(=O)COC(=O)Cc2cccc(C(F)(F)F)c2)cc1. The number of carbonyl (C=O) groups excluding carboxylic acids is 2.